The van der Waals surface area contributed by atoms with Crippen LogP contribution in [-0.4, -0.2) is 31.4 Å². The number of hydrogen-bond acceptors (Lipinski definition) is 3. The molecule has 2 atom stereocenters. The van der Waals surface area contributed by atoms with Crippen LogP contribution in [0.1, 0.15) is 13.3 Å². The summed E-state index contributed by atoms with van der Waals surface area (Å²) in [5, 5.41) is 0. The fourth-order valence-corrected chi connectivity index (χ4v) is 3.82. The van der Waals surface area contributed by atoms with E-state index in [1.165, 1.54) is 4.31 Å². The maximum atomic E-state index is 12.3. The average Bonchev–Trinajstić information content (AvgIpc) is 2.60. The predicted molar refractivity (Wildman–Crippen MR) is 62.4 cm³/mol. The molecule has 16 heavy (non-hydrogen) atoms. The first-order chi connectivity index (χ1) is 7.51. The molecule has 0 spiro atoms. The molecule has 0 aromatic heterocycles. The Morgan fingerprint density at radius 3 is 2.44 bits per heavy atom. The Balaban J connectivity index is 2.34. The van der Waals surface area contributed by atoms with Gasteiger partial charge < -0.3 is 5.73 Å². The number of hydrogen-bond donors (Lipinski definition) is 1. The number of nitrogens with zero attached hydrogens (tertiary/aromatic N) is 1. The minimum Gasteiger partial charge on any atom is -0.326 e. The number of benzene rings is 1. The molecular weight excluding hydrogens is 224 g/mol. The maximum absolute atomic E-state index is 12.3. The van der Waals surface area contributed by atoms with Gasteiger partial charge in [0.2, 0.25) is 10.0 Å². The van der Waals surface area contributed by atoms with Gasteiger partial charge in [0.15, 0.2) is 0 Å². The summed E-state index contributed by atoms with van der Waals surface area (Å²) < 4.78 is 26.0. The van der Waals surface area contributed by atoms with Gasteiger partial charge in [-0.2, -0.15) is 4.31 Å². The third-order valence-corrected chi connectivity index (χ3v) is 4.89. The Morgan fingerprint density at radius 2 is 1.94 bits per heavy atom. The Morgan fingerprint density at radius 1 is 1.31 bits per heavy atom. The summed E-state index contributed by atoms with van der Waals surface area (Å²) in [6.45, 7) is 2.31. The molecule has 1 heterocycles. The molecule has 0 bridgehead atoms. The summed E-state index contributed by atoms with van der Waals surface area (Å²) in [6.07, 6.45) is 0.728. The zero-order chi connectivity index (χ0) is 11.8. The van der Waals surface area contributed by atoms with Crippen molar-refractivity contribution in [3.05, 3.63) is 30.3 Å². The van der Waals surface area contributed by atoms with E-state index in [1.807, 2.05) is 6.92 Å². The molecule has 4 nitrogen and oxygen atoms in total. The van der Waals surface area contributed by atoms with Gasteiger partial charge in [0, 0.05) is 18.6 Å². The van der Waals surface area contributed by atoms with E-state index in [9.17, 15) is 8.42 Å². The van der Waals surface area contributed by atoms with Crippen LogP contribution in [0.2, 0.25) is 0 Å². The fraction of sp³-hybridized carbons (Fsp3) is 0.455. The lowest BCUT2D eigenvalue weighted by Gasteiger charge is -2.20. The zero-order valence-corrected chi connectivity index (χ0v) is 10.0. The Hall–Kier alpha value is -0.910. The van der Waals surface area contributed by atoms with Crippen LogP contribution in [0.4, 0.5) is 0 Å². The molecule has 2 rings (SSSR count). The Bertz CT molecular complexity index is 458. The molecule has 1 aromatic carbocycles. The fourth-order valence-electron chi connectivity index (χ4n) is 2.10. The molecular formula is C11H16N2O2S. The first-order valence-corrected chi connectivity index (χ1v) is 6.78. The highest BCUT2D eigenvalue weighted by molar-refractivity contribution is 7.89. The molecule has 1 aromatic rings. The minimum atomic E-state index is -3.37. The quantitative estimate of drug-likeness (QED) is 0.831. The zero-order valence-electron chi connectivity index (χ0n) is 9.20. The van der Waals surface area contributed by atoms with Crippen molar-refractivity contribution in [3.8, 4) is 0 Å². The van der Waals surface area contributed by atoms with E-state index in [-0.39, 0.29) is 12.1 Å². The van der Waals surface area contributed by atoms with Crippen molar-refractivity contribution in [1.29, 1.82) is 0 Å². The largest absolute Gasteiger partial charge is 0.326 e. The summed E-state index contributed by atoms with van der Waals surface area (Å²) in [4.78, 5) is 0.343. The summed E-state index contributed by atoms with van der Waals surface area (Å²) >= 11 is 0. The van der Waals surface area contributed by atoms with Crippen LogP contribution in [0.15, 0.2) is 35.2 Å². The molecule has 1 saturated heterocycles. The standard InChI is InChI=1S/C11H16N2O2S/c1-9-7-10(12)8-13(9)16(14,15)11-5-3-2-4-6-11/h2-6,9-10H,7-8,12H2,1H3. The predicted octanol–water partition coefficient (Wildman–Crippen LogP) is 0.797. The molecule has 0 saturated carbocycles. The van der Waals surface area contributed by atoms with Gasteiger partial charge in [-0.3, -0.25) is 0 Å². The lowest BCUT2D eigenvalue weighted by atomic mass is 10.2. The highest BCUT2D eigenvalue weighted by Crippen LogP contribution is 2.24. The summed E-state index contributed by atoms with van der Waals surface area (Å²) in [6, 6.07) is 8.44. The lowest BCUT2D eigenvalue weighted by molar-refractivity contribution is 0.407. The molecule has 2 N–H and O–H groups in total. The van der Waals surface area contributed by atoms with Crippen LogP contribution >= 0.6 is 0 Å². The number of nitrogens with two attached hydrogens (primary N) is 1. The van der Waals surface area contributed by atoms with E-state index in [2.05, 4.69) is 0 Å². The second kappa shape index (κ2) is 4.16. The molecule has 1 aliphatic rings. The molecule has 5 heteroatoms. The second-order valence-corrected chi connectivity index (χ2v) is 6.12. The van der Waals surface area contributed by atoms with Crippen LogP contribution in [0, 0.1) is 0 Å². The van der Waals surface area contributed by atoms with Crippen LogP contribution < -0.4 is 5.73 Å². The minimum absolute atomic E-state index is 0.0137. The maximum Gasteiger partial charge on any atom is 0.243 e. The highest BCUT2D eigenvalue weighted by Gasteiger charge is 2.36. The Labute approximate surface area is 96.1 Å². The molecule has 1 aliphatic heterocycles. The van der Waals surface area contributed by atoms with Crippen molar-refractivity contribution in [3.63, 3.8) is 0 Å². The number of sulfonamides is 1. The molecule has 2 unspecified atom stereocenters. The Kier molecular flexibility index (Phi) is 3.01. The molecule has 1 fully saturated rings. The van der Waals surface area contributed by atoms with Crippen molar-refractivity contribution < 1.29 is 8.42 Å². The monoisotopic (exact) mass is 240 g/mol. The van der Waals surface area contributed by atoms with Gasteiger partial charge in [0.05, 0.1) is 4.90 Å². The first-order valence-electron chi connectivity index (χ1n) is 5.34. The lowest BCUT2D eigenvalue weighted by Crippen LogP contribution is -2.35. The van der Waals surface area contributed by atoms with Gasteiger partial charge in [-0.15, -0.1) is 0 Å². The third kappa shape index (κ3) is 1.98. The molecule has 0 amide bonds. The summed E-state index contributed by atoms with van der Waals surface area (Å²) in [5.74, 6) is 0. The van der Waals surface area contributed by atoms with Crippen molar-refractivity contribution in [2.24, 2.45) is 5.73 Å². The van der Waals surface area contributed by atoms with Crippen molar-refractivity contribution in [1.82, 2.24) is 4.31 Å². The van der Waals surface area contributed by atoms with E-state index >= 15 is 0 Å². The van der Waals surface area contributed by atoms with E-state index in [0.717, 1.165) is 6.42 Å². The smallest absolute Gasteiger partial charge is 0.243 e. The molecule has 0 aliphatic carbocycles. The first kappa shape index (κ1) is 11.6. The highest BCUT2D eigenvalue weighted by atomic mass is 32.2. The van der Waals surface area contributed by atoms with Crippen molar-refractivity contribution in [2.75, 3.05) is 6.54 Å². The number of rotatable bonds is 2. The van der Waals surface area contributed by atoms with Gasteiger partial charge in [-0.1, -0.05) is 18.2 Å². The third-order valence-electron chi connectivity index (χ3n) is 2.90. The molecule has 0 radical (unpaired) electrons. The van der Waals surface area contributed by atoms with Crippen molar-refractivity contribution >= 4 is 10.0 Å². The van der Waals surface area contributed by atoms with E-state index < -0.39 is 10.0 Å². The van der Waals surface area contributed by atoms with E-state index in [1.54, 1.807) is 30.3 Å². The van der Waals surface area contributed by atoms with E-state index in [4.69, 9.17) is 5.73 Å². The average molecular weight is 240 g/mol. The van der Waals surface area contributed by atoms with Gasteiger partial charge in [0.25, 0.3) is 0 Å². The summed E-state index contributed by atoms with van der Waals surface area (Å²) in [5.41, 5.74) is 5.78. The normalized spacial score (nSPS) is 27.1. The van der Waals surface area contributed by atoms with Gasteiger partial charge in [0.1, 0.15) is 0 Å². The van der Waals surface area contributed by atoms with Gasteiger partial charge in [-0.05, 0) is 25.5 Å². The van der Waals surface area contributed by atoms with Gasteiger partial charge in [-0.25, -0.2) is 8.42 Å². The van der Waals surface area contributed by atoms with Crippen LogP contribution in [-0.2, 0) is 10.0 Å². The van der Waals surface area contributed by atoms with E-state index in [0.29, 0.717) is 11.4 Å². The van der Waals surface area contributed by atoms with Gasteiger partial charge >= 0.3 is 0 Å². The topological polar surface area (TPSA) is 63.4 Å². The van der Waals surface area contributed by atoms with Crippen LogP contribution in [0.3, 0.4) is 0 Å². The second-order valence-electron chi connectivity index (χ2n) is 4.23. The molecule has 88 valence electrons. The van der Waals surface area contributed by atoms with Crippen LogP contribution in [0.25, 0.3) is 0 Å². The summed E-state index contributed by atoms with van der Waals surface area (Å²) in [7, 11) is -3.37. The van der Waals surface area contributed by atoms with Crippen LogP contribution in [0.5, 0.6) is 0 Å². The SMILES string of the molecule is CC1CC(N)CN1S(=O)(=O)c1ccccc1. The van der Waals surface area contributed by atoms with Crippen molar-refractivity contribution in [2.45, 2.75) is 30.3 Å².